The van der Waals surface area contributed by atoms with E-state index in [2.05, 4.69) is 19.1 Å². The summed E-state index contributed by atoms with van der Waals surface area (Å²) in [5, 5.41) is 21.8. The number of phenols is 1. The molecule has 2 atom stereocenters. The molecule has 1 aromatic heterocycles. The van der Waals surface area contributed by atoms with E-state index in [1.54, 1.807) is 30.5 Å². The number of phenolic OH excluding ortho intramolecular Hbond substituents is 1. The Hall–Kier alpha value is -2.74. The van der Waals surface area contributed by atoms with Crippen LogP contribution in [0.5, 0.6) is 23.0 Å². The van der Waals surface area contributed by atoms with Crippen LogP contribution in [0.1, 0.15) is 28.6 Å². The molecule has 186 valence electrons. The second-order valence-electron chi connectivity index (χ2n) is 8.19. The molecule has 1 aliphatic rings. The molecule has 11 nitrogen and oxygen atoms in total. The number of ether oxygens (including phenoxy) is 2. The maximum Gasteiger partial charge on any atom is 1.00 e. The molecular weight excluding hydrogens is 501 g/mol. The average Bonchev–Trinajstić information content (AvgIpc) is 3.41. The summed E-state index contributed by atoms with van der Waals surface area (Å²) in [5.41, 5.74) is 2.01. The molecule has 4 rings (SSSR count). The van der Waals surface area contributed by atoms with Crippen LogP contribution in [0.4, 0.5) is 0 Å². The molecule has 13 heteroatoms. The molecule has 2 heterocycles. The van der Waals surface area contributed by atoms with Gasteiger partial charge in [0.2, 0.25) is 0 Å². The second kappa shape index (κ2) is 11.5. The molecule has 1 aliphatic heterocycles. The molecule has 0 saturated heterocycles. The van der Waals surface area contributed by atoms with E-state index >= 15 is 0 Å². The number of aromatic amines is 1. The number of H-pyrrole nitrogens is 1. The van der Waals surface area contributed by atoms with Crippen LogP contribution in [-0.2, 0) is 21.0 Å². The summed E-state index contributed by atoms with van der Waals surface area (Å²) in [4.78, 5) is 9.85. The Kier molecular flexibility index (Phi) is 8.93. The number of rotatable bonds is 9. The Bertz CT molecular complexity index is 1340. The number of benzene rings is 2. The third kappa shape index (κ3) is 6.93. The summed E-state index contributed by atoms with van der Waals surface area (Å²) in [7, 11) is -0.649. The van der Waals surface area contributed by atoms with E-state index in [4.69, 9.17) is 14.0 Å². The van der Waals surface area contributed by atoms with E-state index in [0.29, 0.717) is 28.5 Å². The van der Waals surface area contributed by atoms with Gasteiger partial charge >= 0.3 is 40.0 Å². The van der Waals surface area contributed by atoms with Gasteiger partial charge in [-0.3, -0.25) is 4.55 Å². The van der Waals surface area contributed by atoms with Crippen molar-refractivity contribution in [1.29, 1.82) is 0 Å². The number of imidazole rings is 1. The zero-order chi connectivity index (χ0) is 25.2. The maximum absolute atomic E-state index is 11.8. The molecule has 0 spiro atoms. The second-order valence-corrected chi connectivity index (χ2v) is 9.24. The first-order valence-electron chi connectivity index (χ1n) is 10.6. The Morgan fingerprint density at radius 1 is 1.22 bits per heavy atom. The van der Waals surface area contributed by atoms with Crippen LogP contribution in [0.15, 0.2) is 48.9 Å². The van der Waals surface area contributed by atoms with Gasteiger partial charge in [-0.05, 0) is 49.5 Å². The van der Waals surface area contributed by atoms with E-state index in [1.165, 1.54) is 18.2 Å². The van der Waals surface area contributed by atoms with E-state index < -0.39 is 34.1 Å². The van der Waals surface area contributed by atoms with Gasteiger partial charge in [-0.1, -0.05) is 23.9 Å². The number of likely N-dealkylation sites (N-methyl/N-ethyl adjacent to an activating group) is 1. The summed E-state index contributed by atoms with van der Waals surface area (Å²) in [6.45, 7) is 0.817. The van der Waals surface area contributed by atoms with E-state index in [-0.39, 0.29) is 29.6 Å². The van der Waals surface area contributed by atoms with E-state index in [1.807, 2.05) is 14.1 Å². The first-order chi connectivity index (χ1) is 16.6. The third-order valence-corrected chi connectivity index (χ3v) is 5.63. The molecule has 3 N–H and O–H groups in total. The molecule has 2 unspecified atom stereocenters. The zero-order valence-electron chi connectivity index (χ0n) is 19.9. The Morgan fingerprint density at radius 2 is 1.97 bits per heavy atom. The van der Waals surface area contributed by atoms with Gasteiger partial charge in [-0.15, -0.1) is 0 Å². The van der Waals surface area contributed by atoms with Crippen molar-refractivity contribution in [3.8, 4) is 23.0 Å². The SMILES string of the molecule is CN(C)CCc1cnc(C(c2ccc([O-])c(O)c2)C2Oc3ccc(/C=C/OS(=O)(=O)O)cc3O2)[nH]1.[Na+]. The standard InChI is InChI=1S/C23H25N3O8S.Na/c1-26(2)9-7-16-13-24-22(25-16)21(15-4-5-17(27)18(28)12-15)23-33-19-6-3-14(11-20(19)34-23)8-10-32-35(29,30)31;/h3-6,8,10-13,21,23,27-28H,7,9H2,1-2H3,(H,24,25)(H,29,30,31);/q;+1/p-1/b10-8+;. The van der Waals surface area contributed by atoms with Gasteiger partial charge in [-0.2, -0.15) is 8.42 Å². The fourth-order valence-corrected chi connectivity index (χ4v) is 3.78. The van der Waals surface area contributed by atoms with Crippen molar-refractivity contribution < 1.29 is 66.4 Å². The van der Waals surface area contributed by atoms with E-state index in [0.717, 1.165) is 24.9 Å². The predicted octanol–water partition coefficient (Wildman–Crippen LogP) is -0.983. The smallest absolute Gasteiger partial charge is 0.870 e. The predicted molar refractivity (Wildman–Crippen MR) is 123 cm³/mol. The topological polar surface area (TPSA) is 157 Å². The zero-order valence-corrected chi connectivity index (χ0v) is 22.7. The number of nitrogens with zero attached hydrogens (tertiary/aromatic N) is 2. The first kappa shape index (κ1) is 27.8. The molecule has 2 aromatic carbocycles. The number of hydrogen-bond donors (Lipinski definition) is 3. The van der Waals surface area contributed by atoms with Gasteiger partial charge in [0, 0.05) is 24.9 Å². The van der Waals surface area contributed by atoms with Crippen molar-refractivity contribution >= 4 is 16.5 Å². The van der Waals surface area contributed by atoms with Crippen molar-refractivity contribution in [1.82, 2.24) is 14.9 Å². The minimum atomic E-state index is -4.60. The molecule has 0 amide bonds. The Morgan fingerprint density at radius 3 is 2.67 bits per heavy atom. The van der Waals surface area contributed by atoms with Crippen molar-refractivity contribution in [3.63, 3.8) is 0 Å². The summed E-state index contributed by atoms with van der Waals surface area (Å²) < 4.78 is 46.4. The largest absolute Gasteiger partial charge is 1.00 e. The Labute approximate surface area is 230 Å². The molecule has 0 aliphatic carbocycles. The van der Waals surface area contributed by atoms with Crippen molar-refractivity contribution in [2.45, 2.75) is 18.6 Å². The van der Waals surface area contributed by atoms with Crippen molar-refractivity contribution in [3.05, 3.63) is 71.5 Å². The van der Waals surface area contributed by atoms with Gasteiger partial charge < -0.3 is 33.8 Å². The molecule has 0 bridgehead atoms. The summed E-state index contributed by atoms with van der Waals surface area (Å²) in [5.74, 6) is -0.137. The van der Waals surface area contributed by atoms with Crippen LogP contribution in [0.25, 0.3) is 6.08 Å². The van der Waals surface area contributed by atoms with E-state index in [9.17, 15) is 18.6 Å². The molecule has 0 saturated carbocycles. The van der Waals surface area contributed by atoms with Crippen LogP contribution in [0.2, 0.25) is 0 Å². The molecule has 0 radical (unpaired) electrons. The number of hydrogen-bond acceptors (Lipinski definition) is 9. The van der Waals surface area contributed by atoms with Crippen LogP contribution >= 0.6 is 0 Å². The Balaban J connectivity index is 0.00000361. The van der Waals surface area contributed by atoms with Gasteiger partial charge in [0.15, 0.2) is 11.5 Å². The van der Waals surface area contributed by atoms with Crippen LogP contribution in [0, 0.1) is 0 Å². The third-order valence-electron chi connectivity index (χ3n) is 5.28. The minimum absolute atomic E-state index is 0. The molecule has 3 aromatic rings. The molecular formula is C23H24N3NaO8S. The maximum atomic E-state index is 11.8. The van der Waals surface area contributed by atoms with Crippen LogP contribution < -0.4 is 44.1 Å². The number of aromatic hydroxyl groups is 1. The van der Waals surface area contributed by atoms with Crippen LogP contribution in [0.3, 0.4) is 0 Å². The monoisotopic (exact) mass is 525 g/mol. The van der Waals surface area contributed by atoms with Crippen molar-refractivity contribution in [2.75, 3.05) is 20.6 Å². The van der Waals surface area contributed by atoms with Gasteiger partial charge in [0.05, 0.1) is 0 Å². The molecule has 36 heavy (non-hydrogen) atoms. The summed E-state index contributed by atoms with van der Waals surface area (Å²) in [6, 6.07) is 9.12. The van der Waals surface area contributed by atoms with Gasteiger partial charge in [-0.25, -0.2) is 4.98 Å². The fraction of sp³-hybridized carbons (Fsp3) is 0.261. The molecule has 0 fully saturated rings. The normalized spacial score (nSPS) is 15.7. The average molecular weight is 526 g/mol. The quantitative estimate of drug-likeness (QED) is 0.180. The number of fused-ring (bicyclic) bond motifs is 1. The fourth-order valence-electron chi connectivity index (χ4n) is 3.58. The minimum Gasteiger partial charge on any atom is -0.870 e. The first-order valence-corrected chi connectivity index (χ1v) is 11.9. The van der Waals surface area contributed by atoms with Gasteiger partial charge in [0.1, 0.15) is 23.8 Å². The van der Waals surface area contributed by atoms with Gasteiger partial charge in [0.25, 0.3) is 6.29 Å². The number of nitrogens with one attached hydrogen (secondary N) is 1. The number of aromatic nitrogens is 2. The summed E-state index contributed by atoms with van der Waals surface area (Å²) >= 11 is 0. The van der Waals surface area contributed by atoms with Crippen LogP contribution in [-0.4, -0.2) is 59.9 Å². The van der Waals surface area contributed by atoms with Crippen molar-refractivity contribution in [2.24, 2.45) is 0 Å². The summed E-state index contributed by atoms with van der Waals surface area (Å²) in [6.07, 6.45) is 3.76.